The zero-order valence-corrected chi connectivity index (χ0v) is 8.46. The van der Waals surface area contributed by atoms with E-state index < -0.39 is 0 Å². The Bertz CT molecular complexity index is 300. The van der Waals surface area contributed by atoms with E-state index in [1.54, 1.807) is 18.3 Å². The Balaban J connectivity index is 2.51. The number of rotatable bonds is 5. The van der Waals surface area contributed by atoms with E-state index in [1.807, 2.05) is 0 Å². The van der Waals surface area contributed by atoms with Crippen molar-refractivity contribution in [1.82, 2.24) is 4.98 Å². The van der Waals surface area contributed by atoms with Crippen LogP contribution in [0.15, 0.2) is 18.3 Å². The zero-order chi connectivity index (χ0) is 10.4. The van der Waals surface area contributed by atoms with Crippen LogP contribution in [0.5, 0.6) is 5.75 Å². The minimum atomic E-state index is 0.123. The molecular weight excluding hydrogens is 200 g/mol. The van der Waals surface area contributed by atoms with Gasteiger partial charge in [0.15, 0.2) is 0 Å². The molecule has 3 N–H and O–H groups in total. The third-order valence-electron chi connectivity index (χ3n) is 1.56. The quantitative estimate of drug-likeness (QED) is 0.549. The van der Waals surface area contributed by atoms with Crippen LogP contribution in [0.2, 0.25) is 0 Å². The number of aromatic nitrogens is 1. The highest BCUT2D eigenvalue weighted by molar-refractivity contribution is 7.80. The van der Waals surface area contributed by atoms with E-state index in [0.717, 1.165) is 0 Å². The molecule has 1 aromatic heterocycles. The molecule has 1 heterocycles. The van der Waals surface area contributed by atoms with Gasteiger partial charge in [0.1, 0.15) is 10.7 Å². The van der Waals surface area contributed by atoms with Gasteiger partial charge in [-0.05, 0) is 12.1 Å². The number of nitrogens with two attached hydrogens (primary N) is 1. The molecule has 0 saturated carbocycles. The van der Waals surface area contributed by atoms with Gasteiger partial charge in [-0.15, -0.1) is 0 Å². The first-order chi connectivity index (χ1) is 6.74. The Labute approximate surface area is 87.7 Å². The van der Waals surface area contributed by atoms with Crippen LogP contribution in [0.4, 0.5) is 0 Å². The Morgan fingerprint density at radius 3 is 2.86 bits per heavy atom. The Morgan fingerprint density at radius 1 is 1.57 bits per heavy atom. The summed E-state index contributed by atoms with van der Waals surface area (Å²) < 4.78 is 5.27. The van der Waals surface area contributed by atoms with E-state index in [1.165, 1.54) is 0 Å². The average Bonchev–Trinajstić information content (AvgIpc) is 2.19. The number of aliphatic hydroxyl groups is 1. The fraction of sp³-hybridized carbons (Fsp3) is 0.333. The topological polar surface area (TPSA) is 68.4 Å². The number of thiocarbonyl (C=S) groups is 1. The van der Waals surface area contributed by atoms with E-state index in [0.29, 0.717) is 24.5 Å². The average molecular weight is 212 g/mol. The maximum absolute atomic E-state index is 8.53. The third-order valence-corrected chi connectivity index (χ3v) is 1.77. The second-order valence-electron chi connectivity index (χ2n) is 2.67. The number of aliphatic hydroxyl groups excluding tert-OH is 1. The van der Waals surface area contributed by atoms with Gasteiger partial charge >= 0.3 is 0 Å². The van der Waals surface area contributed by atoms with Gasteiger partial charge in [0.05, 0.1) is 18.5 Å². The van der Waals surface area contributed by atoms with Gasteiger partial charge in [-0.2, -0.15) is 0 Å². The zero-order valence-electron chi connectivity index (χ0n) is 7.64. The molecule has 0 unspecified atom stereocenters. The molecule has 0 aromatic carbocycles. The largest absolute Gasteiger partial charge is 0.492 e. The molecule has 0 aliphatic carbocycles. The normalized spacial score (nSPS) is 9.79. The van der Waals surface area contributed by atoms with Crippen LogP contribution in [0, 0.1) is 0 Å². The summed E-state index contributed by atoms with van der Waals surface area (Å²) in [6, 6.07) is 3.45. The van der Waals surface area contributed by atoms with Gasteiger partial charge in [-0.25, -0.2) is 4.98 Å². The van der Waals surface area contributed by atoms with Crippen molar-refractivity contribution in [2.45, 2.75) is 6.42 Å². The summed E-state index contributed by atoms with van der Waals surface area (Å²) in [5.41, 5.74) is 5.96. The highest BCUT2D eigenvalue weighted by Gasteiger charge is 1.98. The molecule has 0 aliphatic rings. The second kappa shape index (κ2) is 5.51. The summed E-state index contributed by atoms with van der Waals surface area (Å²) in [7, 11) is 0. The van der Waals surface area contributed by atoms with Crippen molar-refractivity contribution in [3.63, 3.8) is 0 Å². The van der Waals surface area contributed by atoms with E-state index in [4.69, 9.17) is 27.8 Å². The molecule has 0 spiro atoms. The minimum absolute atomic E-state index is 0.123. The monoisotopic (exact) mass is 212 g/mol. The van der Waals surface area contributed by atoms with Crippen molar-refractivity contribution < 1.29 is 9.84 Å². The van der Waals surface area contributed by atoms with Crippen LogP contribution in [0.3, 0.4) is 0 Å². The summed E-state index contributed by atoms with van der Waals surface area (Å²) in [6.45, 7) is 0.600. The first kappa shape index (κ1) is 10.9. The number of hydrogen-bond donors (Lipinski definition) is 2. The van der Waals surface area contributed by atoms with Crippen LogP contribution in [-0.4, -0.2) is 28.3 Å². The molecule has 0 bridgehead atoms. The molecule has 0 amide bonds. The second-order valence-corrected chi connectivity index (χ2v) is 3.11. The smallest absolute Gasteiger partial charge is 0.137 e. The van der Waals surface area contributed by atoms with E-state index in [2.05, 4.69) is 4.98 Å². The molecular formula is C9H12N2O2S. The lowest BCUT2D eigenvalue weighted by molar-refractivity contribution is 0.233. The first-order valence-corrected chi connectivity index (χ1v) is 4.64. The molecule has 0 radical (unpaired) electrons. The highest BCUT2D eigenvalue weighted by atomic mass is 32.1. The molecule has 1 aromatic rings. The first-order valence-electron chi connectivity index (χ1n) is 4.23. The Kier molecular flexibility index (Phi) is 4.28. The fourth-order valence-corrected chi connectivity index (χ4v) is 0.987. The standard InChI is InChI=1S/C9H12N2O2S/c10-9(14)8-3-2-7(6-11-8)13-5-1-4-12/h2-3,6,12H,1,4-5H2,(H2,10,14). The molecule has 4 nitrogen and oxygen atoms in total. The van der Waals surface area contributed by atoms with E-state index in [-0.39, 0.29) is 11.6 Å². The van der Waals surface area contributed by atoms with Crippen molar-refractivity contribution in [3.8, 4) is 5.75 Å². The highest BCUT2D eigenvalue weighted by Crippen LogP contribution is 2.09. The molecule has 14 heavy (non-hydrogen) atoms. The van der Waals surface area contributed by atoms with Crippen LogP contribution in [0.25, 0.3) is 0 Å². The number of pyridine rings is 1. The maximum Gasteiger partial charge on any atom is 0.137 e. The summed E-state index contributed by atoms with van der Waals surface area (Å²) in [5, 5.41) is 8.53. The lowest BCUT2D eigenvalue weighted by Crippen LogP contribution is -2.11. The van der Waals surface area contributed by atoms with E-state index >= 15 is 0 Å². The lowest BCUT2D eigenvalue weighted by Gasteiger charge is -2.04. The molecule has 0 atom stereocenters. The van der Waals surface area contributed by atoms with Crippen molar-refractivity contribution in [2.24, 2.45) is 5.73 Å². The van der Waals surface area contributed by atoms with Crippen LogP contribution < -0.4 is 10.5 Å². The van der Waals surface area contributed by atoms with Crippen molar-refractivity contribution in [2.75, 3.05) is 13.2 Å². The predicted octanol–water partition coefficient (Wildman–Crippen LogP) is 0.477. The number of nitrogens with zero attached hydrogens (tertiary/aromatic N) is 1. The van der Waals surface area contributed by atoms with E-state index in [9.17, 15) is 0 Å². The summed E-state index contributed by atoms with van der Waals surface area (Å²) in [4.78, 5) is 4.27. The molecule has 76 valence electrons. The van der Waals surface area contributed by atoms with Gasteiger partial charge in [-0.1, -0.05) is 12.2 Å². The summed E-state index contributed by atoms with van der Waals surface area (Å²) in [5.74, 6) is 0.651. The summed E-state index contributed by atoms with van der Waals surface area (Å²) in [6.07, 6.45) is 2.17. The van der Waals surface area contributed by atoms with Gasteiger partial charge in [0, 0.05) is 13.0 Å². The van der Waals surface area contributed by atoms with Gasteiger partial charge < -0.3 is 15.6 Å². The van der Waals surface area contributed by atoms with Crippen molar-refractivity contribution >= 4 is 17.2 Å². The molecule has 0 aliphatic heterocycles. The SMILES string of the molecule is NC(=S)c1ccc(OCCCO)cn1. The van der Waals surface area contributed by atoms with Gasteiger partial charge in [0.2, 0.25) is 0 Å². The molecule has 0 saturated heterocycles. The van der Waals surface area contributed by atoms with Gasteiger partial charge in [0.25, 0.3) is 0 Å². The number of hydrogen-bond acceptors (Lipinski definition) is 4. The molecule has 1 rings (SSSR count). The lowest BCUT2D eigenvalue weighted by atomic mass is 10.3. The predicted molar refractivity (Wildman–Crippen MR) is 57.3 cm³/mol. The molecule has 5 heteroatoms. The Hall–Kier alpha value is -1.20. The minimum Gasteiger partial charge on any atom is -0.492 e. The van der Waals surface area contributed by atoms with Gasteiger partial charge in [-0.3, -0.25) is 0 Å². The number of ether oxygens (including phenoxy) is 1. The third kappa shape index (κ3) is 3.27. The van der Waals surface area contributed by atoms with Crippen LogP contribution in [0.1, 0.15) is 12.1 Å². The van der Waals surface area contributed by atoms with Crippen molar-refractivity contribution in [3.05, 3.63) is 24.0 Å². The maximum atomic E-state index is 8.53. The molecule has 0 fully saturated rings. The summed E-state index contributed by atoms with van der Waals surface area (Å²) >= 11 is 4.75. The fourth-order valence-electron chi connectivity index (χ4n) is 0.866. The van der Waals surface area contributed by atoms with Crippen LogP contribution >= 0.6 is 12.2 Å². The Morgan fingerprint density at radius 2 is 2.36 bits per heavy atom. The van der Waals surface area contributed by atoms with Crippen LogP contribution in [-0.2, 0) is 0 Å². The van der Waals surface area contributed by atoms with Crippen molar-refractivity contribution in [1.29, 1.82) is 0 Å².